The number of thioether (sulfide) groups is 1. The Morgan fingerprint density at radius 2 is 2.22 bits per heavy atom. The van der Waals surface area contributed by atoms with Crippen LogP contribution in [0.2, 0.25) is 0 Å². The summed E-state index contributed by atoms with van der Waals surface area (Å²) in [6.45, 7) is 1.88. The molecule has 0 spiro atoms. The van der Waals surface area contributed by atoms with Crippen LogP contribution in [-0.2, 0) is 0 Å². The van der Waals surface area contributed by atoms with Crippen LogP contribution in [0.4, 0.5) is 0 Å². The zero-order valence-corrected chi connectivity index (χ0v) is 11.3. The topological polar surface area (TPSA) is 84.4 Å². The first-order chi connectivity index (χ1) is 8.69. The van der Waals surface area contributed by atoms with Crippen molar-refractivity contribution in [2.24, 2.45) is 16.8 Å². The average molecular weight is 266 g/mol. The molecule has 0 radical (unpaired) electrons. The third-order valence-corrected chi connectivity index (χ3v) is 4.21. The van der Waals surface area contributed by atoms with Crippen LogP contribution in [0.5, 0.6) is 0 Å². The molecule has 5 nitrogen and oxygen atoms in total. The zero-order chi connectivity index (χ0) is 13.0. The minimum atomic E-state index is 0.0308. The summed E-state index contributed by atoms with van der Waals surface area (Å²) in [7, 11) is 0. The molecule has 0 amide bonds. The van der Waals surface area contributed by atoms with Gasteiger partial charge in [0, 0.05) is 11.4 Å². The summed E-state index contributed by atoms with van der Waals surface area (Å²) >= 11 is 1.66. The van der Waals surface area contributed by atoms with Crippen molar-refractivity contribution < 1.29 is 5.21 Å². The van der Waals surface area contributed by atoms with Crippen LogP contribution in [0.15, 0.2) is 16.4 Å². The summed E-state index contributed by atoms with van der Waals surface area (Å²) in [6, 6.07) is 1.72. The maximum absolute atomic E-state index is 8.67. The van der Waals surface area contributed by atoms with E-state index in [2.05, 4.69) is 15.1 Å². The lowest BCUT2D eigenvalue weighted by Crippen LogP contribution is -2.16. The fraction of sp³-hybridized carbons (Fsp3) is 0.583. The van der Waals surface area contributed by atoms with Crippen molar-refractivity contribution in [3.05, 3.63) is 17.5 Å². The van der Waals surface area contributed by atoms with Gasteiger partial charge in [0.1, 0.15) is 5.69 Å². The second kappa shape index (κ2) is 6.04. The Kier molecular flexibility index (Phi) is 4.41. The molecule has 0 aromatic carbocycles. The van der Waals surface area contributed by atoms with E-state index in [9.17, 15) is 0 Å². The highest BCUT2D eigenvalue weighted by Crippen LogP contribution is 2.29. The second-order valence-electron chi connectivity index (χ2n) is 4.62. The van der Waals surface area contributed by atoms with E-state index >= 15 is 0 Å². The summed E-state index contributed by atoms with van der Waals surface area (Å²) in [5.41, 5.74) is 6.87. The minimum Gasteiger partial charge on any atom is -0.409 e. The Morgan fingerprint density at radius 3 is 2.89 bits per heavy atom. The summed E-state index contributed by atoms with van der Waals surface area (Å²) in [5.74, 6) is 1.87. The molecule has 1 aromatic heterocycles. The fourth-order valence-electron chi connectivity index (χ4n) is 2.16. The van der Waals surface area contributed by atoms with Crippen LogP contribution in [0.1, 0.15) is 37.1 Å². The van der Waals surface area contributed by atoms with E-state index in [1.807, 2.05) is 6.92 Å². The van der Waals surface area contributed by atoms with Gasteiger partial charge in [-0.05, 0) is 31.7 Å². The Balaban J connectivity index is 2.05. The molecule has 1 saturated carbocycles. The molecule has 0 aliphatic heterocycles. The van der Waals surface area contributed by atoms with Crippen molar-refractivity contribution in [3.63, 3.8) is 0 Å². The highest BCUT2D eigenvalue weighted by molar-refractivity contribution is 7.99. The number of nitrogens with zero attached hydrogens (tertiary/aromatic N) is 3. The van der Waals surface area contributed by atoms with E-state index in [0.29, 0.717) is 10.9 Å². The van der Waals surface area contributed by atoms with Crippen LogP contribution < -0.4 is 5.73 Å². The van der Waals surface area contributed by atoms with Gasteiger partial charge in [-0.3, -0.25) is 0 Å². The van der Waals surface area contributed by atoms with Crippen molar-refractivity contribution in [3.8, 4) is 0 Å². The predicted octanol–water partition coefficient (Wildman–Crippen LogP) is 2.16. The molecule has 0 bridgehead atoms. The van der Waals surface area contributed by atoms with Gasteiger partial charge in [-0.15, -0.1) is 0 Å². The zero-order valence-electron chi connectivity index (χ0n) is 10.5. The lowest BCUT2D eigenvalue weighted by atomic mass is 10.1. The number of rotatable bonds is 4. The van der Waals surface area contributed by atoms with Crippen LogP contribution >= 0.6 is 11.8 Å². The Bertz CT molecular complexity index is 444. The number of nitrogens with two attached hydrogens (primary N) is 1. The SMILES string of the molecule is Cc1cc(/C(N)=N/O)nc(SCC2CCCC2)n1. The molecule has 18 heavy (non-hydrogen) atoms. The average Bonchev–Trinajstić information content (AvgIpc) is 2.88. The highest BCUT2D eigenvalue weighted by atomic mass is 32.2. The van der Waals surface area contributed by atoms with Crippen LogP contribution in [-0.4, -0.2) is 26.8 Å². The van der Waals surface area contributed by atoms with E-state index < -0.39 is 0 Å². The number of amidine groups is 1. The smallest absolute Gasteiger partial charge is 0.188 e. The lowest BCUT2D eigenvalue weighted by Gasteiger charge is -2.08. The third kappa shape index (κ3) is 3.35. The van der Waals surface area contributed by atoms with Gasteiger partial charge in [-0.1, -0.05) is 29.8 Å². The van der Waals surface area contributed by atoms with E-state index in [0.717, 1.165) is 17.4 Å². The summed E-state index contributed by atoms with van der Waals surface area (Å²) in [4.78, 5) is 8.67. The largest absolute Gasteiger partial charge is 0.409 e. The van der Waals surface area contributed by atoms with E-state index in [-0.39, 0.29) is 5.84 Å². The number of hydrogen-bond donors (Lipinski definition) is 2. The fourth-order valence-corrected chi connectivity index (χ4v) is 3.25. The molecule has 1 heterocycles. The Hall–Kier alpha value is -1.30. The lowest BCUT2D eigenvalue weighted by molar-refractivity contribution is 0.318. The normalized spacial score (nSPS) is 17.3. The molecule has 1 aliphatic carbocycles. The van der Waals surface area contributed by atoms with Gasteiger partial charge < -0.3 is 10.9 Å². The second-order valence-corrected chi connectivity index (χ2v) is 5.61. The molecule has 1 aliphatic rings. The molecule has 2 rings (SSSR count). The van der Waals surface area contributed by atoms with Gasteiger partial charge in [0.05, 0.1) is 0 Å². The van der Waals surface area contributed by atoms with E-state index in [4.69, 9.17) is 10.9 Å². The number of aryl methyl sites for hydroxylation is 1. The molecule has 6 heteroatoms. The predicted molar refractivity (Wildman–Crippen MR) is 72.0 cm³/mol. The van der Waals surface area contributed by atoms with Gasteiger partial charge in [-0.25, -0.2) is 9.97 Å². The highest BCUT2D eigenvalue weighted by Gasteiger charge is 2.16. The Labute approximate surface area is 111 Å². The molecule has 1 fully saturated rings. The van der Waals surface area contributed by atoms with Gasteiger partial charge >= 0.3 is 0 Å². The molecular formula is C12H18N4OS. The minimum absolute atomic E-state index is 0.0308. The van der Waals surface area contributed by atoms with Crippen molar-refractivity contribution in [1.82, 2.24) is 9.97 Å². The molecule has 1 aromatic rings. The van der Waals surface area contributed by atoms with Gasteiger partial charge in [0.25, 0.3) is 0 Å². The summed E-state index contributed by atoms with van der Waals surface area (Å²) < 4.78 is 0. The maximum Gasteiger partial charge on any atom is 0.188 e. The van der Waals surface area contributed by atoms with Crippen molar-refractivity contribution in [1.29, 1.82) is 0 Å². The van der Waals surface area contributed by atoms with Gasteiger partial charge in [-0.2, -0.15) is 0 Å². The summed E-state index contributed by atoms with van der Waals surface area (Å²) in [5, 5.41) is 12.4. The number of oxime groups is 1. The third-order valence-electron chi connectivity index (χ3n) is 3.13. The van der Waals surface area contributed by atoms with Gasteiger partial charge in [0.15, 0.2) is 11.0 Å². The first-order valence-electron chi connectivity index (χ1n) is 6.15. The van der Waals surface area contributed by atoms with Gasteiger partial charge in [0.2, 0.25) is 0 Å². The van der Waals surface area contributed by atoms with Crippen molar-refractivity contribution in [2.75, 3.05) is 5.75 Å². The van der Waals surface area contributed by atoms with Crippen LogP contribution in [0.3, 0.4) is 0 Å². The monoisotopic (exact) mass is 266 g/mol. The van der Waals surface area contributed by atoms with E-state index in [1.165, 1.54) is 25.7 Å². The van der Waals surface area contributed by atoms with Crippen LogP contribution in [0.25, 0.3) is 0 Å². The van der Waals surface area contributed by atoms with Crippen molar-refractivity contribution >= 4 is 17.6 Å². The molecular weight excluding hydrogens is 248 g/mol. The number of hydrogen-bond acceptors (Lipinski definition) is 5. The molecule has 98 valence electrons. The first-order valence-corrected chi connectivity index (χ1v) is 7.14. The molecule has 0 atom stereocenters. The first kappa shape index (κ1) is 13.1. The van der Waals surface area contributed by atoms with E-state index in [1.54, 1.807) is 17.8 Å². The standard InChI is InChI=1S/C12H18N4OS/c1-8-6-10(11(13)16-17)15-12(14-8)18-7-9-4-2-3-5-9/h6,9,17H,2-5,7H2,1H3,(H2,13,16). The number of aromatic nitrogens is 2. The molecule has 0 unspecified atom stereocenters. The summed E-state index contributed by atoms with van der Waals surface area (Å²) in [6.07, 6.45) is 5.31. The molecule has 0 saturated heterocycles. The Morgan fingerprint density at radius 1 is 1.50 bits per heavy atom. The van der Waals surface area contributed by atoms with Crippen LogP contribution in [0, 0.1) is 12.8 Å². The molecule has 3 N–H and O–H groups in total. The maximum atomic E-state index is 8.67. The quantitative estimate of drug-likeness (QED) is 0.218. The van der Waals surface area contributed by atoms with Crippen molar-refractivity contribution in [2.45, 2.75) is 37.8 Å².